The van der Waals surface area contributed by atoms with Crippen molar-refractivity contribution in [2.24, 2.45) is 5.73 Å². The standard InChI is InChI=1S/C21H20ClNOS.ClH/c22-16-10-12-17(13-11-16)25-20-9-5-4-8-18(20)21(23)19(24)14-15-6-2-1-3-7-15;/h1-13,19,21,24H,14,23H2;1H/t19-,21+;/m1./s1. The van der Waals surface area contributed by atoms with Crippen LogP contribution in [0.25, 0.3) is 0 Å². The highest BCUT2D eigenvalue weighted by Gasteiger charge is 2.20. The summed E-state index contributed by atoms with van der Waals surface area (Å²) in [4.78, 5) is 2.13. The van der Waals surface area contributed by atoms with Crippen molar-refractivity contribution < 1.29 is 5.11 Å². The lowest BCUT2D eigenvalue weighted by atomic mass is 9.97. The zero-order valence-electron chi connectivity index (χ0n) is 14.1. The number of benzene rings is 3. The summed E-state index contributed by atoms with van der Waals surface area (Å²) in [6.45, 7) is 0. The van der Waals surface area contributed by atoms with E-state index in [9.17, 15) is 5.11 Å². The summed E-state index contributed by atoms with van der Waals surface area (Å²) in [5.74, 6) is 0. The van der Waals surface area contributed by atoms with Crippen LogP contribution in [-0.2, 0) is 6.42 Å². The van der Waals surface area contributed by atoms with Crippen molar-refractivity contribution in [2.45, 2.75) is 28.4 Å². The van der Waals surface area contributed by atoms with Gasteiger partial charge in [0, 0.05) is 21.2 Å². The predicted octanol–water partition coefficient (Wildman–Crippen LogP) is 5.52. The van der Waals surface area contributed by atoms with Gasteiger partial charge in [-0.15, -0.1) is 12.4 Å². The second-order valence-corrected chi connectivity index (χ2v) is 7.43. The fraction of sp³-hybridized carbons (Fsp3) is 0.143. The SMILES string of the molecule is Cl.N[C@@H](c1ccccc1Sc1ccc(Cl)cc1)[C@H](O)Cc1ccccc1. The molecular weight excluding hydrogens is 385 g/mol. The van der Waals surface area contributed by atoms with Gasteiger partial charge in [0.1, 0.15) is 0 Å². The van der Waals surface area contributed by atoms with Crippen molar-refractivity contribution in [1.29, 1.82) is 0 Å². The van der Waals surface area contributed by atoms with Gasteiger partial charge in [-0.2, -0.15) is 0 Å². The van der Waals surface area contributed by atoms with Gasteiger partial charge < -0.3 is 10.8 Å². The van der Waals surface area contributed by atoms with Gasteiger partial charge in [0.2, 0.25) is 0 Å². The molecule has 0 spiro atoms. The molecule has 3 rings (SSSR count). The Balaban J connectivity index is 0.00000243. The van der Waals surface area contributed by atoms with Crippen molar-refractivity contribution in [3.05, 3.63) is 95.0 Å². The normalized spacial score (nSPS) is 12.9. The maximum atomic E-state index is 10.6. The molecule has 0 amide bonds. The molecule has 136 valence electrons. The Morgan fingerprint density at radius 2 is 1.50 bits per heavy atom. The fourth-order valence-electron chi connectivity index (χ4n) is 2.67. The minimum absolute atomic E-state index is 0. The van der Waals surface area contributed by atoms with E-state index in [0.29, 0.717) is 11.4 Å². The smallest absolute Gasteiger partial charge is 0.0773 e. The van der Waals surface area contributed by atoms with Gasteiger partial charge in [-0.3, -0.25) is 0 Å². The zero-order chi connectivity index (χ0) is 17.6. The lowest BCUT2D eigenvalue weighted by Gasteiger charge is -2.22. The topological polar surface area (TPSA) is 46.2 Å². The third-order valence-electron chi connectivity index (χ3n) is 4.02. The summed E-state index contributed by atoms with van der Waals surface area (Å²) in [5, 5.41) is 11.3. The van der Waals surface area contributed by atoms with E-state index in [-0.39, 0.29) is 12.4 Å². The number of nitrogens with two attached hydrogens (primary N) is 1. The first-order chi connectivity index (χ1) is 12.1. The van der Waals surface area contributed by atoms with Crippen LogP contribution >= 0.6 is 35.8 Å². The monoisotopic (exact) mass is 405 g/mol. The highest BCUT2D eigenvalue weighted by molar-refractivity contribution is 7.99. The van der Waals surface area contributed by atoms with E-state index >= 15 is 0 Å². The Bertz CT molecular complexity index is 812. The number of aliphatic hydroxyl groups excluding tert-OH is 1. The van der Waals surface area contributed by atoms with E-state index < -0.39 is 12.1 Å². The summed E-state index contributed by atoms with van der Waals surface area (Å²) in [5.41, 5.74) is 8.41. The Morgan fingerprint density at radius 1 is 0.885 bits per heavy atom. The molecule has 0 heterocycles. The first-order valence-corrected chi connectivity index (χ1v) is 9.33. The molecule has 2 atom stereocenters. The van der Waals surface area contributed by atoms with E-state index in [1.165, 1.54) is 0 Å². The minimum Gasteiger partial charge on any atom is -0.391 e. The Hall–Kier alpha value is -1.49. The largest absolute Gasteiger partial charge is 0.391 e. The van der Waals surface area contributed by atoms with Gasteiger partial charge in [0.25, 0.3) is 0 Å². The first kappa shape index (κ1) is 20.8. The molecule has 3 aromatic rings. The minimum atomic E-state index is -0.644. The quantitative estimate of drug-likeness (QED) is 0.567. The molecule has 0 fully saturated rings. The summed E-state index contributed by atoms with van der Waals surface area (Å²) in [6.07, 6.45) is -0.114. The molecule has 0 aliphatic carbocycles. The molecule has 0 aliphatic rings. The molecule has 0 saturated carbocycles. The van der Waals surface area contributed by atoms with Crippen molar-refractivity contribution >= 4 is 35.8 Å². The van der Waals surface area contributed by atoms with Gasteiger partial charge in [0.15, 0.2) is 0 Å². The van der Waals surface area contributed by atoms with Crippen LogP contribution in [0.2, 0.25) is 5.02 Å². The van der Waals surface area contributed by atoms with E-state index in [2.05, 4.69) is 0 Å². The third-order valence-corrected chi connectivity index (χ3v) is 5.37. The summed E-state index contributed by atoms with van der Waals surface area (Å²) in [7, 11) is 0. The van der Waals surface area contributed by atoms with Crippen LogP contribution in [0.4, 0.5) is 0 Å². The summed E-state index contributed by atoms with van der Waals surface area (Å²) >= 11 is 7.58. The van der Waals surface area contributed by atoms with Crippen LogP contribution in [0.1, 0.15) is 17.2 Å². The van der Waals surface area contributed by atoms with Gasteiger partial charge in [-0.25, -0.2) is 0 Å². The number of hydrogen-bond acceptors (Lipinski definition) is 3. The van der Waals surface area contributed by atoms with Crippen LogP contribution in [-0.4, -0.2) is 11.2 Å². The average Bonchev–Trinajstić information content (AvgIpc) is 2.64. The molecule has 5 heteroatoms. The lowest BCUT2D eigenvalue weighted by Crippen LogP contribution is -2.28. The van der Waals surface area contributed by atoms with Crippen LogP contribution in [0.5, 0.6) is 0 Å². The van der Waals surface area contributed by atoms with Crippen LogP contribution in [0, 0.1) is 0 Å². The van der Waals surface area contributed by atoms with Crippen molar-refractivity contribution in [1.82, 2.24) is 0 Å². The average molecular weight is 406 g/mol. The maximum absolute atomic E-state index is 10.6. The second kappa shape index (κ2) is 10.0. The number of hydrogen-bond donors (Lipinski definition) is 2. The fourth-order valence-corrected chi connectivity index (χ4v) is 3.79. The highest BCUT2D eigenvalue weighted by Crippen LogP contribution is 2.34. The molecule has 0 bridgehead atoms. The molecular formula is C21H21Cl2NOS. The lowest BCUT2D eigenvalue weighted by molar-refractivity contribution is 0.144. The van der Waals surface area contributed by atoms with E-state index in [1.807, 2.05) is 78.9 Å². The molecule has 0 unspecified atom stereocenters. The van der Waals surface area contributed by atoms with Crippen LogP contribution < -0.4 is 5.73 Å². The molecule has 3 aromatic carbocycles. The maximum Gasteiger partial charge on any atom is 0.0773 e. The van der Waals surface area contributed by atoms with Crippen LogP contribution in [0.3, 0.4) is 0 Å². The molecule has 3 N–H and O–H groups in total. The first-order valence-electron chi connectivity index (χ1n) is 8.13. The summed E-state index contributed by atoms with van der Waals surface area (Å²) in [6, 6.07) is 25.1. The van der Waals surface area contributed by atoms with Gasteiger partial charge >= 0.3 is 0 Å². The molecule has 0 aliphatic heterocycles. The molecule has 0 saturated heterocycles. The number of halogens is 2. The van der Waals surface area contributed by atoms with Crippen molar-refractivity contribution in [3.63, 3.8) is 0 Å². The third kappa shape index (κ3) is 5.50. The van der Waals surface area contributed by atoms with Crippen molar-refractivity contribution in [3.8, 4) is 0 Å². The van der Waals surface area contributed by atoms with Gasteiger partial charge in [-0.05, 0) is 41.5 Å². The van der Waals surface area contributed by atoms with Crippen molar-refractivity contribution in [2.75, 3.05) is 0 Å². The summed E-state index contributed by atoms with van der Waals surface area (Å²) < 4.78 is 0. The Morgan fingerprint density at radius 3 is 2.19 bits per heavy atom. The zero-order valence-corrected chi connectivity index (χ0v) is 16.5. The molecule has 0 radical (unpaired) electrons. The highest BCUT2D eigenvalue weighted by atomic mass is 35.5. The van der Waals surface area contributed by atoms with Gasteiger partial charge in [0.05, 0.1) is 12.1 Å². The Kier molecular flexibility index (Phi) is 8.01. The van der Waals surface area contributed by atoms with Gasteiger partial charge in [-0.1, -0.05) is 71.9 Å². The molecule has 26 heavy (non-hydrogen) atoms. The number of aliphatic hydroxyl groups is 1. The van der Waals surface area contributed by atoms with Crippen LogP contribution in [0.15, 0.2) is 88.7 Å². The number of rotatable bonds is 6. The van der Waals surface area contributed by atoms with E-state index in [1.54, 1.807) is 11.8 Å². The molecule has 0 aromatic heterocycles. The van der Waals surface area contributed by atoms with E-state index in [0.717, 1.165) is 20.9 Å². The van der Waals surface area contributed by atoms with E-state index in [4.69, 9.17) is 17.3 Å². The second-order valence-electron chi connectivity index (χ2n) is 5.88. The molecule has 2 nitrogen and oxygen atoms in total. The Labute approximate surface area is 169 Å². The predicted molar refractivity (Wildman–Crippen MR) is 112 cm³/mol.